The molecule has 0 aromatic rings. The van der Waals surface area contributed by atoms with Crippen LogP contribution in [0, 0.1) is 5.92 Å². The topological polar surface area (TPSA) is 23.5 Å². The SMILES string of the molecule is CC1CC(O)(C2CCCC2)CN1C1CC1. The van der Waals surface area contributed by atoms with Crippen molar-refractivity contribution in [2.75, 3.05) is 6.54 Å². The lowest BCUT2D eigenvalue weighted by atomic mass is 9.84. The van der Waals surface area contributed by atoms with E-state index in [2.05, 4.69) is 11.8 Å². The molecule has 2 atom stereocenters. The van der Waals surface area contributed by atoms with E-state index in [1.54, 1.807) is 0 Å². The molecule has 2 unspecified atom stereocenters. The highest BCUT2D eigenvalue weighted by atomic mass is 16.3. The molecule has 2 aliphatic carbocycles. The van der Waals surface area contributed by atoms with Crippen LogP contribution in [0.1, 0.15) is 51.9 Å². The molecule has 1 N–H and O–H groups in total. The van der Waals surface area contributed by atoms with Crippen molar-refractivity contribution < 1.29 is 5.11 Å². The van der Waals surface area contributed by atoms with Crippen LogP contribution in [0.2, 0.25) is 0 Å². The summed E-state index contributed by atoms with van der Waals surface area (Å²) in [5.41, 5.74) is -0.335. The summed E-state index contributed by atoms with van der Waals surface area (Å²) in [5, 5.41) is 10.8. The average molecular weight is 209 g/mol. The fourth-order valence-corrected chi connectivity index (χ4v) is 3.82. The highest BCUT2D eigenvalue weighted by Gasteiger charge is 2.49. The third-order valence-corrected chi connectivity index (χ3v) is 4.80. The van der Waals surface area contributed by atoms with Gasteiger partial charge in [0.25, 0.3) is 0 Å². The van der Waals surface area contributed by atoms with Gasteiger partial charge in [-0.3, -0.25) is 4.90 Å². The largest absolute Gasteiger partial charge is 0.388 e. The molecule has 0 aromatic carbocycles. The van der Waals surface area contributed by atoms with Crippen LogP contribution < -0.4 is 0 Å². The summed E-state index contributed by atoms with van der Waals surface area (Å²) in [6.45, 7) is 3.26. The Morgan fingerprint density at radius 1 is 1.13 bits per heavy atom. The van der Waals surface area contributed by atoms with Crippen molar-refractivity contribution >= 4 is 0 Å². The van der Waals surface area contributed by atoms with Crippen LogP contribution in [0.3, 0.4) is 0 Å². The van der Waals surface area contributed by atoms with Crippen molar-refractivity contribution in [2.45, 2.75) is 69.6 Å². The number of nitrogens with zero attached hydrogens (tertiary/aromatic N) is 1. The zero-order valence-electron chi connectivity index (χ0n) is 9.78. The second kappa shape index (κ2) is 3.46. The lowest BCUT2D eigenvalue weighted by Gasteiger charge is -2.29. The van der Waals surface area contributed by atoms with Crippen molar-refractivity contribution in [1.82, 2.24) is 4.90 Å². The molecule has 0 bridgehead atoms. The Kier molecular flexibility index (Phi) is 2.33. The van der Waals surface area contributed by atoms with E-state index in [1.807, 2.05) is 0 Å². The minimum atomic E-state index is -0.335. The van der Waals surface area contributed by atoms with Crippen LogP contribution in [0.5, 0.6) is 0 Å². The zero-order chi connectivity index (χ0) is 10.5. The lowest BCUT2D eigenvalue weighted by molar-refractivity contribution is -0.00739. The average Bonchev–Trinajstić information content (AvgIpc) is 2.77. The van der Waals surface area contributed by atoms with Crippen LogP contribution in [-0.2, 0) is 0 Å². The van der Waals surface area contributed by atoms with E-state index in [-0.39, 0.29) is 5.60 Å². The van der Waals surface area contributed by atoms with Gasteiger partial charge in [-0.1, -0.05) is 12.8 Å². The first-order chi connectivity index (χ1) is 7.19. The van der Waals surface area contributed by atoms with Crippen molar-refractivity contribution in [3.63, 3.8) is 0 Å². The second-order valence-electron chi connectivity index (χ2n) is 6.04. The summed E-state index contributed by atoms with van der Waals surface area (Å²) in [4.78, 5) is 2.57. The fraction of sp³-hybridized carbons (Fsp3) is 1.00. The van der Waals surface area contributed by atoms with Gasteiger partial charge < -0.3 is 5.11 Å². The molecule has 2 heteroatoms. The Labute approximate surface area is 92.7 Å². The molecule has 1 aliphatic heterocycles. The molecule has 3 aliphatic rings. The predicted molar refractivity (Wildman–Crippen MR) is 60.7 cm³/mol. The van der Waals surface area contributed by atoms with Crippen molar-refractivity contribution in [3.8, 4) is 0 Å². The summed E-state index contributed by atoms with van der Waals surface area (Å²) in [6.07, 6.45) is 8.96. The van der Waals surface area contributed by atoms with Gasteiger partial charge in [0.2, 0.25) is 0 Å². The molecule has 3 fully saturated rings. The monoisotopic (exact) mass is 209 g/mol. The van der Waals surface area contributed by atoms with E-state index >= 15 is 0 Å². The van der Waals surface area contributed by atoms with Gasteiger partial charge in [0.1, 0.15) is 0 Å². The normalized spacial score (nSPS) is 44.0. The van der Waals surface area contributed by atoms with Gasteiger partial charge in [-0.05, 0) is 44.9 Å². The van der Waals surface area contributed by atoms with Crippen LogP contribution in [0.25, 0.3) is 0 Å². The quantitative estimate of drug-likeness (QED) is 0.753. The van der Waals surface area contributed by atoms with Gasteiger partial charge >= 0.3 is 0 Å². The molecule has 86 valence electrons. The second-order valence-corrected chi connectivity index (χ2v) is 6.04. The zero-order valence-corrected chi connectivity index (χ0v) is 9.78. The summed E-state index contributed by atoms with van der Waals surface area (Å²) in [7, 11) is 0. The smallest absolute Gasteiger partial charge is 0.0817 e. The molecule has 2 nitrogen and oxygen atoms in total. The number of rotatable bonds is 2. The van der Waals surface area contributed by atoms with Crippen molar-refractivity contribution in [3.05, 3.63) is 0 Å². The van der Waals surface area contributed by atoms with E-state index in [0.717, 1.165) is 19.0 Å². The van der Waals surface area contributed by atoms with E-state index < -0.39 is 0 Å². The molecule has 15 heavy (non-hydrogen) atoms. The maximum atomic E-state index is 10.8. The molecule has 0 radical (unpaired) electrons. The standard InChI is InChI=1S/C13H23NO/c1-10-8-13(15,11-4-2-3-5-11)9-14(10)12-6-7-12/h10-12,15H,2-9H2,1H3. The molecule has 2 saturated carbocycles. The molecular formula is C13H23NO. The number of hydrogen-bond acceptors (Lipinski definition) is 2. The Morgan fingerprint density at radius 2 is 1.80 bits per heavy atom. The Hall–Kier alpha value is -0.0800. The minimum Gasteiger partial charge on any atom is -0.388 e. The van der Waals surface area contributed by atoms with Crippen LogP contribution in [0.4, 0.5) is 0 Å². The highest BCUT2D eigenvalue weighted by Crippen LogP contribution is 2.44. The summed E-state index contributed by atoms with van der Waals surface area (Å²) >= 11 is 0. The molecule has 0 spiro atoms. The molecular weight excluding hydrogens is 186 g/mol. The third-order valence-electron chi connectivity index (χ3n) is 4.80. The highest BCUT2D eigenvalue weighted by molar-refractivity contribution is 5.04. The molecule has 1 saturated heterocycles. The van der Waals surface area contributed by atoms with Gasteiger partial charge in [-0.2, -0.15) is 0 Å². The van der Waals surface area contributed by atoms with Crippen LogP contribution >= 0.6 is 0 Å². The Morgan fingerprint density at radius 3 is 2.40 bits per heavy atom. The Balaban J connectivity index is 1.71. The van der Waals surface area contributed by atoms with Gasteiger partial charge in [0.15, 0.2) is 0 Å². The summed E-state index contributed by atoms with van der Waals surface area (Å²) in [5.74, 6) is 0.601. The first-order valence-corrected chi connectivity index (χ1v) is 6.67. The van der Waals surface area contributed by atoms with E-state index in [1.165, 1.54) is 38.5 Å². The summed E-state index contributed by atoms with van der Waals surface area (Å²) in [6, 6.07) is 1.43. The maximum absolute atomic E-state index is 10.8. The number of β-amino-alcohol motifs (C(OH)–C–C–N with tert-alkyl or cyclic N) is 1. The molecule has 0 aromatic heterocycles. The van der Waals surface area contributed by atoms with E-state index in [0.29, 0.717) is 12.0 Å². The molecule has 0 amide bonds. The predicted octanol–water partition coefficient (Wildman–Crippen LogP) is 2.16. The van der Waals surface area contributed by atoms with Gasteiger partial charge in [-0.15, -0.1) is 0 Å². The first kappa shape index (κ1) is 10.1. The van der Waals surface area contributed by atoms with Crippen molar-refractivity contribution in [2.24, 2.45) is 5.92 Å². The fourth-order valence-electron chi connectivity index (χ4n) is 3.82. The first-order valence-electron chi connectivity index (χ1n) is 6.67. The molecule has 3 rings (SSSR count). The van der Waals surface area contributed by atoms with E-state index in [4.69, 9.17) is 0 Å². The van der Waals surface area contributed by atoms with Crippen molar-refractivity contribution in [1.29, 1.82) is 0 Å². The summed E-state index contributed by atoms with van der Waals surface area (Å²) < 4.78 is 0. The lowest BCUT2D eigenvalue weighted by Crippen LogP contribution is -2.40. The number of aliphatic hydroxyl groups is 1. The number of likely N-dealkylation sites (tertiary alicyclic amines) is 1. The van der Waals surface area contributed by atoms with Crippen LogP contribution in [-0.4, -0.2) is 34.2 Å². The number of hydrogen-bond donors (Lipinski definition) is 1. The van der Waals surface area contributed by atoms with Gasteiger partial charge in [0, 0.05) is 18.6 Å². The van der Waals surface area contributed by atoms with E-state index in [9.17, 15) is 5.11 Å². The molecule has 1 heterocycles. The van der Waals surface area contributed by atoms with Crippen LogP contribution in [0.15, 0.2) is 0 Å². The minimum absolute atomic E-state index is 0.335. The van der Waals surface area contributed by atoms with Gasteiger partial charge in [-0.25, -0.2) is 0 Å². The maximum Gasteiger partial charge on any atom is 0.0817 e. The van der Waals surface area contributed by atoms with Gasteiger partial charge in [0.05, 0.1) is 5.60 Å². The third kappa shape index (κ3) is 1.72. The Bertz CT molecular complexity index is 245.